The molecule has 0 aromatic heterocycles. The fourth-order valence-corrected chi connectivity index (χ4v) is 5.85. The van der Waals surface area contributed by atoms with Gasteiger partial charge in [-0.25, -0.2) is 4.79 Å². The summed E-state index contributed by atoms with van der Waals surface area (Å²) in [7, 11) is 0. The normalized spacial score (nSPS) is 19.9. The van der Waals surface area contributed by atoms with Crippen molar-refractivity contribution < 1.29 is 24.2 Å². The van der Waals surface area contributed by atoms with E-state index < -0.39 is 18.1 Å². The summed E-state index contributed by atoms with van der Waals surface area (Å²) < 4.78 is 5.54. The quantitative estimate of drug-likeness (QED) is 0.547. The molecule has 2 amide bonds. The number of nitrogens with one attached hydrogen (secondary N) is 2. The predicted molar refractivity (Wildman–Crippen MR) is 127 cm³/mol. The van der Waals surface area contributed by atoms with Crippen molar-refractivity contribution in [2.75, 3.05) is 18.1 Å². The molecular weight excluding hydrogens is 440 g/mol. The maximum Gasteiger partial charge on any atom is 0.407 e. The first-order chi connectivity index (χ1) is 15.9. The number of carbonyl (C=O) groups is 3. The number of alkyl carbamates (subject to hydrolysis) is 1. The molecule has 3 N–H and O–H groups in total. The molecule has 1 aliphatic carbocycles. The average Bonchev–Trinajstić information content (AvgIpc) is 3.35. The first kappa shape index (κ1) is 23.2. The molecule has 1 fully saturated rings. The Labute approximate surface area is 197 Å². The molecule has 0 bridgehead atoms. The molecule has 0 spiro atoms. The van der Waals surface area contributed by atoms with Crippen LogP contribution in [-0.4, -0.2) is 53.3 Å². The van der Waals surface area contributed by atoms with Gasteiger partial charge in [0.15, 0.2) is 0 Å². The van der Waals surface area contributed by atoms with E-state index in [0.717, 1.165) is 33.8 Å². The third-order valence-corrected chi connectivity index (χ3v) is 7.65. The van der Waals surface area contributed by atoms with Gasteiger partial charge in [0.05, 0.1) is 0 Å². The molecule has 1 aliphatic heterocycles. The number of thioether (sulfide) groups is 1. The van der Waals surface area contributed by atoms with E-state index in [9.17, 15) is 14.4 Å². The van der Waals surface area contributed by atoms with Gasteiger partial charge in [0, 0.05) is 24.1 Å². The van der Waals surface area contributed by atoms with Crippen molar-refractivity contribution in [3.8, 4) is 11.1 Å². The van der Waals surface area contributed by atoms with Gasteiger partial charge in [0.25, 0.3) is 0 Å². The van der Waals surface area contributed by atoms with E-state index >= 15 is 0 Å². The van der Waals surface area contributed by atoms with E-state index in [0.29, 0.717) is 5.92 Å². The maximum absolute atomic E-state index is 12.8. The van der Waals surface area contributed by atoms with Gasteiger partial charge in [-0.1, -0.05) is 55.5 Å². The van der Waals surface area contributed by atoms with Crippen molar-refractivity contribution in [1.82, 2.24) is 10.6 Å². The summed E-state index contributed by atoms with van der Waals surface area (Å²) in [6.07, 6.45) is -0.952. The summed E-state index contributed by atoms with van der Waals surface area (Å²) in [5, 5.41) is 14.6. The fraction of sp³-hybridized carbons (Fsp3) is 0.400. The van der Waals surface area contributed by atoms with Crippen LogP contribution in [0.2, 0.25) is 0 Å². The molecule has 2 aromatic rings. The molecule has 1 heterocycles. The molecule has 33 heavy (non-hydrogen) atoms. The van der Waals surface area contributed by atoms with Crippen LogP contribution >= 0.6 is 11.8 Å². The van der Waals surface area contributed by atoms with Gasteiger partial charge in [-0.3, -0.25) is 9.59 Å². The van der Waals surface area contributed by atoms with Gasteiger partial charge >= 0.3 is 12.1 Å². The lowest BCUT2D eigenvalue weighted by atomic mass is 9.98. The van der Waals surface area contributed by atoms with Crippen molar-refractivity contribution in [3.05, 3.63) is 59.7 Å². The number of carboxylic acids is 1. The first-order valence-electron chi connectivity index (χ1n) is 11.2. The van der Waals surface area contributed by atoms with Crippen molar-refractivity contribution in [2.24, 2.45) is 5.92 Å². The second-order valence-electron chi connectivity index (χ2n) is 8.58. The number of carbonyl (C=O) groups excluding carboxylic acids is 2. The molecule has 0 radical (unpaired) electrons. The number of fused-ring (bicyclic) bond motifs is 3. The number of rotatable bonds is 8. The number of hydrogen-bond donors (Lipinski definition) is 3. The number of amides is 2. The molecule has 3 unspecified atom stereocenters. The third kappa shape index (κ3) is 5.33. The monoisotopic (exact) mass is 468 g/mol. The maximum atomic E-state index is 12.8. The van der Waals surface area contributed by atoms with Crippen LogP contribution in [0.4, 0.5) is 4.79 Å². The van der Waals surface area contributed by atoms with E-state index in [2.05, 4.69) is 29.7 Å². The smallest absolute Gasteiger partial charge is 0.407 e. The minimum atomic E-state index is -1.02. The standard InChI is InChI=1S/C25H28N2O5S/c1-15-13-33-14-22(15)26-24(30)21(10-11-23(28)29)27-25(31)32-12-20-18-8-4-2-6-16(18)17-7-3-5-9-19(17)20/h2-9,15,20-22H,10-14H2,1H3,(H,26,30)(H,27,31)(H,28,29). The SMILES string of the molecule is CC1CSCC1NC(=O)C(CCC(=O)O)NC(=O)OCC1c2ccccc2-c2ccccc21. The van der Waals surface area contributed by atoms with Gasteiger partial charge in [-0.15, -0.1) is 0 Å². The molecule has 0 saturated carbocycles. The molecule has 1 saturated heterocycles. The Morgan fingerprint density at radius 2 is 1.70 bits per heavy atom. The van der Waals surface area contributed by atoms with E-state index in [1.165, 1.54) is 0 Å². The minimum Gasteiger partial charge on any atom is -0.481 e. The van der Waals surface area contributed by atoms with Crippen LogP contribution in [0.25, 0.3) is 11.1 Å². The lowest BCUT2D eigenvalue weighted by molar-refractivity contribution is -0.137. The Bertz CT molecular complexity index is 997. The largest absolute Gasteiger partial charge is 0.481 e. The lowest BCUT2D eigenvalue weighted by Gasteiger charge is -2.22. The second kappa shape index (κ2) is 10.3. The summed E-state index contributed by atoms with van der Waals surface area (Å²) in [5.74, 6) is 0.615. The summed E-state index contributed by atoms with van der Waals surface area (Å²) in [6, 6.07) is 15.1. The highest BCUT2D eigenvalue weighted by Crippen LogP contribution is 2.44. The lowest BCUT2D eigenvalue weighted by Crippen LogP contribution is -2.51. The Balaban J connectivity index is 1.40. The summed E-state index contributed by atoms with van der Waals surface area (Å²) in [5.41, 5.74) is 4.45. The summed E-state index contributed by atoms with van der Waals surface area (Å²) in [4.78, 5) is 36.5. The molecule has 4 rings (SSSR count). The highest BCUT2D eigenvalue weighted by atomic mass is 32.2. The van der Waals surface area contributed by atoms with Crippen molar-refractivity contribution in [2.45, 2.75) is 37.8 Å². The number of benzene rings is 2. The number of aliphatic carboxylic acids is 1. The van der Waals surface area contributed by atoms with Crippen molar-refractivity contribution >= 4 is 29.7 Å². The average molecular weight is 469 g/mol. The van der Waals surface area contributed by atoms with Gasteiger partial charge < -0.3 is 20.5 Å². The Morgan fingerprint density at radius 1 is 1.06 bits per heavy atom. The van der Waals surface area contributed by atoms with Crippen LogP contribution in [-0.2, 0) is 14.3 Å². The highest BCUT2D eigenvalue weighted by Gasteiger charge is 2.31. The molecule has 2 aliphatic rings. The zero-order chi connectivity index (χ0) is 23.4. The second-order valence-corrected chi connectivity index (χ2v) is 9.66. The topological polar surface area (TPSA) is 105 Å². The summed E-state index contributed by atoms with van der Waals surface area (Å²) >= 11 is 1.77. The highest BCUT2D eigenvalue weighted by molar-refractivity contribution is 7.99. The first-order valence-corrected chi connectivity index (χ1v) is 12.3. The van der Waals surface area contributed by atoms with Crippen LogP contribution < -0.4 is 10.6 Å². The zero-order valence-corrected chi connectivity index (χ0v) is 19.3. The van der Waals surface area contributed by atoms with Crippen molar-refractivity contribution in [3.63, 3.8) is 0 Å². The Morgan fingerprint density at radius 3 is 2.27 bits per heavy atom. The minimum absolute atomic E-state index is 0.000391. The van der Waals surface area contributed by atoms with Gasteiger partial charge in [-0.05, 0) is 40.3 Å². The van der Waals surface area contributed by atoms with Crippen LogP contribution in [0.15, 0.2) is 48.5 Å². The van der Waals surface area contributed by atoms with Crippen LogP contribution in [0.1, 0.15) is 36.8 Å². The van der Waals surface area contributed by atoms with Gasteiger partial charge in [0.1, 0.15) is 12.6 Å². The molecule has 3 atom stereocenters. The molecule has 8 heteroatoms. The molecular formula is C25H28N2O5S. The van der Waals surface area contributed by atoms with Crippen LogP contribution in [0.3, 0.4) is 0 Å². The Kier molecular flexibility index (Phi) is 7.23. The van der Waals surface area contributed by atoms with E-state index in [1.54, 1.807) is 11.8 Å². The van der Waals surface area contributed by atoms with Crippen LogP contribution in [0, 0.1) is 5.92 Å². The Hall–Kier alpha value is -3.00. The zero-order valence-electron chi connectivity index (χ0n) is 18.5. The van der Waals surface area contributed by atoms with Gasteiger partial charge in [-0.2, -0.15) is 11.8 Å². The van der Waals surface area contributed by atoms with E-state index in [4.69, 9.17) is 9.84 Å². The van der Waals surface area contributed by atoms with E-state index in [-0.39, 0.29) is 37.3 Å². The van der Waals surface area contributed by atoms with E-state index in [1.807, 2.05) is 36.4 Å². The van der Waals surface area contributed by atoms with Crippen LogP contribution in [0.5, 0.6) is 0 Å². The number of hydrogen-bond acceptors (Lipinski definition) is 5. The predicted octanol–water partition coefficient (Wildman–Crippen LogP) is 3.63. The van der Waals surface area contributed by atoms with Gasteiger partial charge in [0.2, 0.25) is 5.91 Å². The van der Waals surface area contributed by atoms with Crippen molar-refractivity contribution in [1.29, 1.82) is 0 Å². The third-order valence-electron chi connectivity index (χ3n) is 6.29. The molecule has 174 valence electrons. The molecule has 2 aromatic carbocycles. The number of ether oxygens (including phenoxy) is 1. The fourth-order valence-electron chi connectivity index (χ4n) is 4.45. The number of carboxylic acid groups (broad SMARTS) is 1. The molecule has 7 nitrogen and oxygen atoms in total. The summed E-state index contributed by atoms with van der Waals surface area (Å²) in [6.45, 7) is 2.19.